The highest BCUT2D eigenvalue weighted by Crippen LogP contribution is 2.56. The van der Waals surface area contributed by atoms with Gasteiger partial charge < -0.3 is 10.6 Å². The van der Waals surface area contributed by atoms with Crippen molar-refractivity contribution in [3.8, 4) is 0 Å². The summed E-state index contributed by atoms with van der Waals surface area (Å²) in [5.41, 5.74) is 1.05. The molecule has 4 nitrogen and oxygen atoms in total. The lowest BCUT2D eigenvalue weighted by molar-refractivity contribution is -0.114. The first-order chi connectivity index (χ1) is 10.1. The van der Waals surface area contributed by atoms with E-state index >= 15 is 0 Å². The highest BCUT2D eigenvalue weighted by Gasteiger charge is 2.50. The molecular formula is C17H23N3O. The standard InChI is InChI=1S/C17H23N3O/c1-11(21)19-15-2-3-16(18-10-15)20-17-7-12-4-13(8-17)6-14(5-12)9-17/h2-3,10,12-14H,4-9H2,1H3,(H,18,20)(H,19,21). The second-order valence-electron chi connectivity index (χ2n) is 7.44. The van der Waals surface area contributed by atoms with Gasteiger partial charge in [0, 0.05) is 12.5 Å². The molecule has 4 heteroatoms. The number of rotatable bonds is 3. The molecule has 0 aromatic carbocycles. The molecule has 0 radical (unpaired) electrons. The Balaban J connectivity index is 1.49. The fourth-order valence-electron chi connectivity index (χ4n) is 5.28. The first-order valence-corrected chi connectivity index (χ1v) is 8.12. The van der Waals surface area contributed by atoms with E-state index in [1.165, 1.54) is 45.4 Å². The molecule has 4 aliphatic rings. The summed E-state index contributed by atoms with van der Waals surface area (Å²) < 4.78 is 0. The molecule has 4 saturated carbocycles. The highest BCUT2D eigenvalue weighted by atomic mass is 16.1. The number of nitrogens with zero attached hydrogens (tertiary/aromatic N) is 1. The number of hydrogen-bond acceptors (Lipinski definition) is 3. The quantitative estimate of drug-likeness (QED) is 0.894. The zero-order chi connectivity index (χ0) is 14.4. The zero-order valence-corrected chi connectivity index (χ0v) is 12.6. The number of aromatic nitrogens is 1. The summed E-state index contributed by atoms with van der Waals surface area (Å²) in [6.07, 6.45) is 10.0. The van der Waals surface area contributed by atoms with E-state index in [1.807, 2.05) is 12.1 Å². The minimum atomic E-state index is -0.0569. The summed E-state index contributed by atoms with van der Waals surface area (Å²) in [4.78, 5) is 15.5. The summed E-state index contributed by atoms with van der Waals surface area (Å²) in [7, 11) is 0. The summed E-state index contributed by atoms with van der Waals surface area (Å²) in [5, 5.41) is 6.51. The fourth-order valence-corrected chi connectivity index (χ4v) is 5.28. The molecule has 1 heterocycles. The Morgan fingerprint density at radius 3 is 2.24 bits per heavy atom. The van der Waals surface area contributed by atoms with Crippen molar-refractivity contribution in [2.45, 2.75) is 51.0 Å². The molecule has 0 unspecified atom stereocenters. The molecule has 4 aliphatic carbocycles. The SMILES string of the molecule is CC(=O)Nc1ccc(NC23CC4CC(CC(C4)C2)C3)nc1. The van der Waals surface area contributed by atoms with E-state index in [0.29, 0.717) is 0 Å². The predicted molar refractivity (Wildman–Crippen MR) is 83.1 cm³/mol. The minimum absolute atomic E-state index is 0.0569. The van der Waals surface area contributed by atoms with Crippen LogP contribution in [0.1, 0.15) is 45.4 Å². The lowest BCUT2D eigenvalue weighted by Gasteiger charge is -2.57. The van der Waals surface area contributed by atoms with Crippen LogP contribution in [0, 0.1) is 17.8 Å². The van der Waals surface area contributed by atoms with Gasteiger partial charge in [0.1, 0.15) is 5.82 Å². The first kappa shape index (κ1) is 13.1. The van der Waals surface area contributed by atoms with E-state index in [2.05, 4.69) is 15.6 Å². The average Bonchev–Trinajstić information content (AvgIpc) is 2.38. The molecule has 0 aliphatic heterocycles. The lowest BCUT2D eigenvalue weighted by atomic mass is 9.53. The van der Waals surface area contributed by atoms with Crippen LogP contribution in [0.3, 0.4) is 0 Å². The van der Waals surface area contributed by atoms with Crippen LogP contribution in [0.4, 0.5) is 11.5 Å². The third-order valence-corrected chi connectivity index (χ3v) is 5.52. The molecule has 0 atom stereocenters. The van der Waals surface area contributed by atoms with Crippen molar-refractivity contribution in [1.29, 1.82) is 0 Å². The van der Waals surface area contributed by atoms with E-state index in [0.717, 1.165) is 29.3 Å². The van der Waals surface area contributed by atoms with Gasteiger partial charge in [-0.25, -0.2) is 4.98 Å². The minimum Gasteiger partial charge on any atom is -0.365 e. The van der Waals surface area contributed by atoms with Gasteiger partial charge in [-0.15, -0.1) is 0 Å². The number of hydrogen-bond donors (Lipinski definition) is 2. The van der Waals surface area contributed by atoms with Gasteiger partial charge in [0.25, 0.3) is 0 Å². The van der Waals surface area contributed by atoms with Crippen molar-refractivity contribution < 1.29 is 4.79 Å². The Bertz CT molecular complexity index is 516. The normalized spacial score (nSPS) is 36.5. The third-order valence-electron chi connectivity index (χ3n) is 5.52. The van der Waals surface area contributed by atoms with E-state index in [-0.39, 0.29) is 11.4 Å². The molecule has 4 bridgehead atoms. The van der Waals surface area contributed by atoms with Gasteiger partial charge in [-0.2, -0.15) is 0 Å². The monoisotopic (exact) mass is 285 g/mol. The van der Waals surface area contributed by atoms with Gasteiger partial charge in [0.2, 0.25) is 5.91 Å². The van der Waals surface area contributed by atoms with E-state index in [1.54, 1.807) is 6.20 Å². The van der Waals surface area contributed by atoms with Crippen molar-refractivity contribution in [2.75, 3.05) is 10.6 Å². The van der Waals surface area contributed by atoms with Crippen LogP contribution in [0.2, 0.25) is 0 Å². The average molecular weight is 285 g/mol. The Morgan fingerprint density at radius 2 is 1.76 bits per heavy atom. The second-order valence-corrected chi connectivity index (χ2v) is 7.44. The fraction of sp³-hybridized carbons (Fsp3) is 0.647. The highest BCUT2D eigenvalue weighted by molar-refractivity contribution is 5.88. The molecule has 1 aromatic rings. The van der Waals surface area contributed by atoms with Gasteiger partial charge in [-0.1, -0.05) is 0 Å². The first-order valence-electron chi connectivity index (χ1n) is 8.12. The number of carbonyl (C=O) groups is 1. The van der Waals surface area contributed by atoms with Crippen molar-refractivity contribution in [1.82, 2.24) is 4.98 Å². The van der Waals surface area contributed by atoms with E-state index < -0.39 is 0 Å². The van der Waals surface area contributed by atoms with Crippen LogP contribution in [-0.4, -0.2) is 16.4 Å². The molecule has 21 heavy (non-hydrogen) atoms. The van der Waals surface area contributed by atoms with Crippen molar-refractivity contribution in [3.63, 3.8) is 0 Å². The van der Waals surface area contributed by atoms with Crippen LogP contribution in [0.15, 0.2) is 18.3 Å². The summed E-state index contributed by atoms with van der Waals surface area (Å²) in [5.74, 6) is 3.69. The Morgan fingerprint density at radius 1 is 1.14 bits per heavy atom. The van der Waals surface area contributed by atoms with Gasteiger partial charge in [-0.05, 0) is 68.4 Å². The van der Waals surface area contributed by atoms with Crippen molar-refractivity contribution in [3.05, 3.63) is 18.3 Å². The Hall–Kier alpha value is -1.58. The predicted octanol–water partition coefficient (Wildman–Crippen LogP) is 3.42. The van der Waals surface area contributed by atoms with Gasteiger partial charge in [0.15, 0.2) is 0 Å². The summed E-state index contributed by atoms with van der Waals surface area (Å²) in [6, 6.07) is 3.92. The topological polar surface area (TPSA) is 54.0 Å². The number of carbonyl (C=O) groups excluding carboxylic acids is 1. The lowest BCUT2D eigenvalue weighted by Crippen LogP contribution is -2.54. The third kappa shape index (κ3) is 2.52. The number of pyridine rings is 1. The number of nitrogens with one attached hydrogen (secondary N) is 2. The van der Waals surface area contributed by atoms with Crippen LogP contribution >= 0.6 is 0 Å². The van der Waals surface area contributed by atoms with Crippen molar-refractivity contribution in [2.24, 2.45) is 17.8 Å². The van der Waals surface area contributed by atoms with Crippen molar-refractivity contribution >= 4 is 17.4 Å². The van der Waals surface area contributed by atoms with Crippen LogP contribution in [0.25, 0.3) is 0 Å². The van der Waals surface area contributed by atoms with Crippen LogP contribution < -0.4 is 10.6 Å². The smallest absolute Gasteiger partial charge is 0.221 e. The maximum atomic E-state index is 11.0. The number of anilines is 2. The molecule has 1 amide bonds. The molecule has 5 rings (SSSR count). The molecule has 112 valence electrons. The number of amides is 1. The van der Waals surface area contributed by atoms with Gasteiger partial charge in [-0.3, -0.25) is 4.79 Å². The Kier molecular flexibility index (Phi) is 2.95. The van der Waals surface area contributed by atoms with Crippen LogP contribution in [-0.2, 0) is 4.79 Å². The maximum absolute atomic E-state index is 11.0. The summed E-state index contributed by atoms with van der Waals surface area (Å²) in [6.45, 7) is 1.52. The molecule has 0 saturated heterocycles. The molecule has 2 N–H and O–H groups in total. The van der Waals surface area contributed by atoms with Gasteiger partial charge >= 0.3 is 0 Å². The zero-order valence-electron chi connectivity index (χ0n) is 12.6. The van der Waals surface area contributed by atoms with E-state index in [9.17, 15) is 4.79 Å². The molecular weight excluding hydrogens is 262 g/mol. The molecule has 0 spiro atoms. The molecule has 4 fully saturated rings. The van der Waals surface area contributed by atoms with Gasteiger partial charge in [0.05, 0.1) is 11.9 Å². The second kappa shape index (κ2) is 4.72. The van der Waals surface area contributed by atoms with E-state index in [4.69, 9.17) is 0 Å². The molecule has 1 aromatic heterocycles. The summed E-state index contributed by atoms with van der Waals surface area (Å²) >= 11 is 0. The Labute approximate surface area is 125 Å². The van der Waals surface area contributed by atoms with Crippen LogP contribution in [0.5, 0.6) is 0 Å². The maximum Gasteiger partial charge on any atom is 0.221 e. The largest absolute Gasteiger partial charge is 0.365 e.